The molecular weight excluding hydrogens is 269 g/mol. The second-order valence-electron chi connectivity index (χ2n) is 4.77. The molecule has 0 saturated carbocycles. The molecule has 1 unspecified atom stereocenters. The Bertz CT molecular complexity index is 434. The van der Waals surface area contributed by atoms with Crippen molar-refractivity contribution < 1.29 is 13.2 Å². The van der Waals surface area contributed by atoms with Gasteiger partial charge < -0.3 is 10.6 Å². The molecule has 20 heavy (non-hydrogen) atoms. The fourth-order valence-corrected chi connectivity index (χ4v) is 1.85. The number of unbranched alkanes of at least 4 members (excludes halogenated alkanes) is 1. The van der Waals surface area contributed by atoms with Gasteiger partial charge in [0.25, 0.3) is 0 Å². The molecule has 0 saturated heterocycles. The average molecular weight is 290 g/mol. The number of rotatable bonds is 6. The highest BCUT2D eigenvalue weighted by Gasteiger charge is 2.34. The summed E-state index contributed by atoms with van der Waals surface area (Å²) >= 11 is 0. The van der Waals surface area contributed by atoms with Crippen LogP contribution in [0.15, 0.2) is 6.07 Å². The van der Waals surface area contributed by atoms with Gasteiger partial charge in [0.1, 0.15) is 5.82 Å². The third-order valence-corrected chi connectivity index (χ3v) is 3.19. The van der Waals surface area contributed by atoms with Gasteiger partial charge in [-0.2, -0.15) is 18.2 Å². The van der Waals surface area contributed by atoms with Crippen molar-refractivity contribution in [2.75, 3.05) is 17.2 Å². The Morgan fingerprint density at radius 1 is 1.30 bits per heavy atom. The van der Waals surface area contributed by atoms with Gasteiger partial charge in [-0.25, -0.2) is 4.98 Å². The minimum Gasteiger partial charge on any atom is -0.368 e. The van der Waals surface area contributed by atoms with Gasteiger partial charge in [-0.15, -0.1) is 0 Å². The van der Waals surface area contributed by atoms with Crippen molar-refractivity contribution >= 4 is 11.8 Å². The first-order valence-corrected chi connectivity index (χ1v) is 6.78. The minimum atomic E-state index is -4.52. The van der Waals surface area contributed by atoms with Gasteiger partial charge in [0.15, 0.2) is 5.69 Å². The number of halogens is 3. The van der Waals surface area contributed by atoms with Crippen LogP contribution in [-0.4, -0.2) is 22.6 Å². The molecule has 0 bridgehead atoms. The van der Waals surface area contributed by atoms with E-state index in [9.17, 15) is 13.2 Å². The van der Waals surface area contributed by atoms with Crippen molar-refractivity contribution in [1.82, 2.24) is 9.97 Å². The standard InChI is InChI=1S/C13H21F3N4/c1-4-6-7-20(9(3)5-2)11-8-10(13(14,15)16)18-12(17)19-11/h8-9H,4-7H2,1-3H3,(H2,17,18,19). The first-order chi connectivity index (χ1) is 9.29. The summed E-state index contributed by atoms with van der Waals surface area (Å²) in [4.78, 5) is 9.09. The highest BCUT2D eigenvalue weighted by Crippen LogP contribution is 2.30. The zero-order chi connectivity index (χ0) is 15.3. The zero-order valence-corrected chi connectivity index (χ0v) is 12.0. The number of hydrogen-bond acceptors (Lipinski definition) is 4. The van der Waals surface area contributed by atoms with E-state index in [1.807, 2.05) is 25.7 Å². The predicted octanol–water partition coefficient (Wildman–Crippen LogP) is 3.48. The summed E-state index contributed by atoms with van der Waals surface area (Å²) < 4.78 is 38.3. The van der Waals surface area contributed by atoms with Crippen molar-refractivity contribution in [3.63, 3.8) is 0 Å². The highest BCUT2D eigenvalue weighted by molar-refractivity contribution is 5.45. The monoisotopic (exact) mass is 290 g/mol. The van der Waals surface area contributed by atoms with Crippen molar-refractivity contribution in [2.45, 2.75) is 52.3 Å². The molecule has 0 aliphatic carbocycles. The van der Waals surface area contributed by atoms with E-state index in [0.29, 0.717) is 6.54 Å². The summed E-state index contributed by atoms with van der Waals surface area (Å²) in [6.07, 6.45) is -1.86. The SMILES string of the molecule is CCCCN(c1cc(C(F)(F)F)nc(N)n1)C(C)CC. The molecule has 0 radical (unpaired) electrons. The summed E-state index contributed by atoms with van der Waals surface area (Å²) in [5.41, 5.74) is 4.42. The Morgan fingerprint density at radius 3 is 2.45 bits per heavy atom. The Balaban J connectivity index is 3.15. The molecule has 0 amide bonds. The zero-order valence-electron chi connectivity index (χ0n) is 12.0. The number of nitrogen functional groups attached to an aromatic ring is 1. The molecule has 0 aliphatic heterocycles. The van der Waals surface area contributed by atoms with E-state index < -0.39 is 11.9 Å². The van der Waals surface area contributed by atoms with Gasteiger partial charge in [0, 0.05) is 18.7 Å². The number of anilines is 2. The lowest BCUT2D eigenvalue weighted by atomic mass is 10.2. The van der Waals surface area contributed by atoms with Crippen LogP contribution in [-0.2, 0) is 6.18 Å². The lowest BCUT2D eigenvalue weighted by Gasteiger charge is -2.30. The smallest absolute Gasteiger partial charge is 0.368 e. The Hall–Kier alpha value is -1.53. The predicted molar refractivity (Wildman–Crippen MR) is 73.5 cm³/mol. The van der Waals surface area contributed by atoms with E-state index >= 15 is 0 Å². The van der Waals surface area contributed by atoms with Crippen LogP contribution >= 0.6 is 0 Å². The van der Waals surface area contributed by atoms with E-state index in [1.165, 1.54) is 0 Å². The molecule has 0 aromatic carbocycles. The third-order valence-electron chi connectivity index (χ3n) is 3.19. The molecule has 1 rings (SSSR count). The molecule has 7 heteroatoms. The normalized spacial score (nSPS) is 13.3. The molecule has 4 nitrogen and oxygen atoms in total. The summed E-state index contributed by atoms with van der Waals surface area (Å²) in [6.45, 7) is 6.63. The molecule has 0 aliphatic rings. The van der Waals surface area contributed by atoms with Crippen LogP contribution in [0.25, 0.3) is 0 Å². The van der Waals surface area contributed by atoms with Gasteiger partial charge in [0.2, 0.25) is 5.95 Å². The molecule has 1 atom stereocenters. The minimum absolute atomic E-state index is 0.0944. The van der Waals surface area contributed by atoms with Gasteiger partial charge in [-0.05, 0) is 19.8 Å². The molecule has 1 heterocycles. The molecule has 114 valence electrons. The maximum absolute atomic E-state index is 12.8. The summed E-state index contributed by atoms with van der Waals surface area (Å²) in [7, 11) is 0. The van der Waals surface area contributed by atoms with Crippen LogP contribution in [0.1, 0.15) is 45.7 Å². The van der Waals surface area contributed by atoms with Gasteiger partial charge in [-0.1, -0.05) is 20.3 Å². The van der Waals surface area contributed by atoms with Crippen LogP contribution in [0.5, 0.6) is 0 Å². The van der Waals surface area contributed by atoms with Gasteiger partial charge >= 0.3 is 6.18 Å². The second kappa shape index (κ2) is 6.76. The topological polar surface area (TPSA) is 55.0 Å². The number of alkyl halides is 3. The fourth-order valence-electron chi connectivity index (χ4n) is 1.85. The van der Waals surface area contributed by atoms with Crippen LogP contribution in [0.3, 0.4) is 0 Å². The first kappa shape index (κ1) is 16.5. The van der Waals surface area contributed by atoms with E-state index in [2.05, 4.69) is 9.97 Å². The third kappa shape index (κ3) is 4.25. The van der Waals surface area contributed by atoms with Crippen LogP contribution in [0, 0.1) is 0 Å². The van der Waals surface area contributed by atoms with E-state index in [4.69, 9.17) is 5.73 Å². The number of aromatic nitrogens is 2. The van der Waals surface area contributed by atoms with E-state index in [0.717, 1.165) is 25.3 Å². The van der Waals surface area contributed by atoms with Gasteiger partial charge in [0.05, 0.1) is 0 Å². The maximum atomic E-state index is 12.8. The number of nitrogens with zero attached hydrogens (tertiary/aromatic N) is 3. The van der Waals surface area contributed by atoms with E-state index in [-0.39, 0.29) is 17.8 Å². The summed E-state index contributed by atoms with van der Waals surface area (Å²) in [5, 5.41) is 0. The molecular formula is C13H21F3N4. The Labute approximate surface area is 117 Å². The van der Waals surface area contributed by atoms with Crippen LogP contribution < -0.4 is 10.6 Å². The lowest BCUT2D eigenvalue weighted by molar-refractivity contribution is -0.141. The highest BCUT2D eigenvalue weighted by atomic mass is 19.4. The summed E-state index contributed by atoms with van der Waals surface area (Å²) in [6, 6.07) is 1.06. The van der Waals surface area contributed by atoms with Crippen molar-refractivity contribution in [2.24, 2.45) is 0 Å². The second-order valence-corrected chi connectivity index (χ2v) is 4.77. The molecule has 0 spiro atoms. The largest absolute Gasteiger partial charge is 0.433 e. The van der Waals surface area contributed by atoms with Crippen molar-refractivity contribution in [3.8, 4) is 0 Å². The van der Waals surface area contributed by atoms with Crippen LogP contribution in [0.4, 0.5) is 24.9 Å². The average Bonchev–Trinajstić information content (AvgIpc) is 2.37. The Morgan fingerprint density at radius 2 is 1.95 bits per heavy atom. The first-order valence-electron chi connectivity index (χ1n) is 6.78. The van der Waals surface area contributed by atoms with Crippen molar-refractivity contribution in [1.29, 1.82) is 0 Å². The quantitative estimate of drug-likeness (QED) is 0.871. The van der Waals surface area contributed by atoms with Crippen LogP contribution in [0.2, 0.25) is 0 Å². The summed E-state index contributed by atoms with van der Waals surface area (Å²) in [5.74, 6) is -0.104. The fraction of sp³-hybridized carbons (Fsp3) is 0.692. The number of nitrogens with two attached hydrogens (primary N) is 1. The van der Waals surface area contributed by atoms with Crippen molar-refractivity contribution in [3.05, 3.63) is 11.8 Å². The molecule has 1 aromatic rings. The van der Waals surface area contributed by atoms with E-state index in [1.54, 1.807) is 0 Å². The maximum Gasteiger partial charge on any atom is 0.433 e. The Kier molecular flexibility index (Phi) is 5.59. The number of hydrogen-bond donors (Lipinski definition) is 1. The molecule has 2 N–H and O–H groups in total. The lowest BCUT2D eigenvalue weighted by Crippen LogP contribution is -2.34. The molecule has 0 fully saturated rings. The van der Waals surface area contributed by atoms with Gasteiger partial charge in [-0.3, -0.25) is 0 Å². The molecule has 1 aromatic heterocycles.